The lowest BCUT2D eigenvalue weighted by Gasteiger charge is -2.50. The summed E-state index contributed by atoms with van der Waals surface area (Å²) >= 11 is 0. The normalized spacial score (nSPS) is 25.0. The second-order valence-corrected chi connectivity index (χ2v) is 7.13. The summed E-state index contributed by atoms with van der Waals surface area (Å²) in [6.45, 7) is 1.69. The predicted molar refractivity (Wildman–Crippen MR) is 89.3 cm³/mol. The van der Waals surface area contributed by atoms with Gasteiger partial charge in [0.15, 0.2) is 6.10 Å². The van der Waals surface area contributed by atoms with Gasteiger partial charge in [-0.1, -0.05) is 0 Å². The smallest absolute Gasteiger partial charge is 0.371 e. The first kappa shape index (κ1) is 17.6. The molecule has 1 spiro atoms. The highest BCUT2D eigenvalue weighted by molar-refractivity contribution is 6.01. The number of fused-ring (bicyclic) bond motifs is 1. The van der Waals surface area contributed by atoms with Crippen molar-refractivity contribution in [2.24, 2.45) is 0 Å². The Morgan fingerprint density at radius 2 is 1.96 bits per heavy atom. The van der Waals surface area contributed by atoms with Crippen LogP contribution in [-0.2, 0) is 20.4 Å². The van der Waals surface area contributed by atoms with Crippen LogP contribution >= 0.6 is 0 Å². The molecule has 2 aliphatic heterocycles. The summed E-state index contributed by atoms with van der Waals surface area (Å²) in [5, 5.41) is 0. The molecule has 1 saturated carbocycles. The van der Waals surface area contributed by atoms with Gasteiger partial charge in [-0.05, 0) is 37.5 Å². The summed E-state index contributed by atoms with van der Waals surface area (Å²) in [6, 6.07) is 3.50. The van der Waals surface area contributed by atoms with Crippen LogP contribution in [0.15, 0.2) is 18.2 Å². The van der Waals surface area contributed by atoms with Gasteiger partial charge in [0.2, 0.25) is 0 Å². The summed E-state index contributed by atoms with van der Waals surface area (Å²) < 4.78 is 50.8. The van der Waals surface area contributed by atoms with Crippen molar-refractivity contribution in [2.75, 3.05) is 43.2 Å². The Morgan fingerprint density at radius 3 is 2.62 bits per heavy atom. The summed E-state index contributed by atoms with van der Waals surface area (Å²) in [5.74, 6) is -0.224. The third-order valence-corrected chi connectivity index (χ3v) is 5.59. The van der Waals surface area contributed by atoms with E-state index in [0.717, 1.165) is 31.4 Å². The molecule has 5 nitrogen and oxygen atoms in total. The molecule has 4 rings (SSSR count). The third kappa shape index (κ3) is 2.75. The van der Waals surface area contributed by atoms with Gasteiger partial charge in [-0.25, -0.2) is 0 Å². The van der Waals surface area contributed by atoms with Gasteiger partial charge in [-0.15, -0.1) is 0 Å². The first-order chi connectivity index (χ1) is 12.3. The first-order valence-corrected chi connectivity index (χ1v) is 8.81. The molecule has 0 bridgehead atoms. The van der Waals surface area contributed by atoms with E-state index in [2.05, 4.69) is 0 Å². The Labute approximate surface area is 149 Å². The number of ether oxygens (including phenoxy) is 2. The zero-order valence-corrected chi connectivity index (χ0v) is 14.5. The minimum atomic E-state index is -4.42. The zero-order chi connectivity index (χ0) is 18.5. The fraction of sp³-hybridized carbons (Fsp3) is 0.611. The first-order valence-electron chi connectivity index (χ1n) is 8.81. The Bertz CT molecular complexity index is 718. The molecule has 1 aliphatic carbocycles. The van der Waals surface area contributed by atoms with Crippen LogP contribution in [0, 0.1) is 0 Å². The van der Waals surface area contributed by atoms with Crippen LogP contribution in [0.4, 0.5) is 24.5 Å². The molecule has 0 N–H and O–H groups in total. The minimum Gasteiger partial charge on any atom is -0.371 e. The van der Waals surface area contributed by atoms with Crippen molar-refractivity contribution in [3.8, 4) is 0 Å². The fourth-order valence-electron chi connectivity index (χ4n) is 3.96. The number of halogens is 3. The van der Waals surface area contributed by atoms with E-state index in [1.807, 2.05) is 0 Å². The van der Waals surface area contributed by atoms with E-state index in [9.17, 15) is 18.0 Å². The van der Waals surface area contributed by atoms with Crippen molar-refractivity contribution in [3.05, 3.63) is 23.8 Å². The van der Waals surface area contributed by atoms with E-state index in [1.165, 1.54) is 6.07 Å². The molecule has 142 valence electrons. The molecule has 0 aromatic heterocycles. The Morgan fingerprint density at radius 1 is 1.19 bits per heavy atom. The molecular weight excluding hydrogens is 349 g/mol. The topological polar surface area (TPSA) is 42.0 Å². The van der Waals surface area contributed by atoms with E-state index in [1.54, 1.807) is 16.8 Å². The lowest BCUT2D eigenvalue weighted by Crippen LogP contribution is -2.62. The van der Waals surface area contributed by atoms with Crippen molar-refractivity contribution in [2.45, 2.75) is 37.1 Å². The second kappa shape index (κ2) is 6.13. The molecular formula is C18H21F3N2O3. The molecule has 1 aromatic carbocycles. The molecule has 1 amide bonds. The van der Waals surface area contributed by atoms with Gasteiger partial charge in [0, 0.05) is 20.1 Å². The van der Waals surface area contributed by atoms with Gasteiger partial charge in [-0.3, -0.25) is 4.79 Å². The lowest BCUT2D eigenvalue weighted by atomic mass is 9.74. The third-order valence-electron chi connectivity index (χ3n) is 5.59. The average molecular weight is 370 g/mol. The van der Waals surface area contributed by atoms with Crippen molar-refractivity contribution in [1.82, 2.24) is 0 Å². The summed E-state index contributed by atoms with van der Waals surface area (Å²) in [4.78, 5) is 16.5. The van der Waals surface area contributed by atoms with E-state index >= 15 is 0 Å². The number of rotatable bonds is 1. The molecule has 3 aliphatic rings. The lowest BCUT2D eigenvalue weighted by molar-refractivity contribution is -0.229. The van der Waals surface area contributed by atoms with Crippen LogP contribution in [0.5, 0.6) is 0 Å². The fourth-order valence-corrected chi connectivity index (χ4v) is 3.96. The van der Waals surface area contributed by atoms with Gasteiger partial charge in [0.1, 0.15) is 5.60 Å². The second-order valence-electron chi connectivity index (χ2n) is 7.13. The number of carbonyl (C=O) groups excluding carboxylic acids is 1. The number of alkyl halides is 3. The standard InChI is InChI=1S/C18H21F3N2O3/c1-22-7-8-23(13-4-3-12(11-14(13)22)18(19,20)21)16(24)15-17(5-2-6-17)26-10-9-25-15/h3-4,11,15H,2,5-10H2,1H3. The van der Waals surface area contributed by atoms with Gasteiger partial charge >= 0.3 is 6.18 Å². The number of likely N-dealkylation sites (N-methyl/N-ethyl adjacent to an activating group) is 1. The van der Waals surface area contributed by atoms with Crippen molar-refractivity contribution in [1.29, 1.82) is 0 Å². The number of amides is 1. The highest BCUT2D eigenvalue weighted by atomic mass is 19.4. The number of hydrogen-bond acceptors (Lipinski definition) is 4. The number of nitrogens with zero attached hydrogens (tertiary/aromatic N) is 2. The highest BCUT2D eigenvalue weighted by Crippen LogP contribution is 2.44. The maximum Gasteiger partial charge on any atom is 0.416 e. The van der Waals surface area contributed by atoms with Gasteiger partial charge < -0.3 is 19.3 Å². The van der Waals surface area contributed by atoms with Gasteiger partial charge in [0.25, 0.3) is 5.91 Å². The molecule has 2 heterocycles. The maximum atomic E-state index is 13.2. The minimum absolute atomic E-state index is 0.224. The Balaban J connectivity index is 1.66. The number of benzene rings is 1. The van der Waals surface area contributed by atoms with Crippen LogP contribution < -0.4 is 9.80 Å². The predicted octanol–water partition coefficient (Wildman–Crippen LogP) is 2.83. The Kier molecular flexibility index (Phi) is 4.15. The van der Waals surface area contributed by atoms with Crippen LogP contribution in [0.3, 0.4) is 0 Å². The van der Waals surface area contributed by atoms with Crippen molar-refractivity contribution in [3.63, 3.8) is 0 Å². The van der Waals surface area contributed by atoms with E-state index in [0.29, 0.717) is 37.7 Å². The van der Waals surface area contributed by atoms with Crippen LogP contribution in [-0.4, -0.2) is 51.0 Å². The Hall–Kier alpha value is -1.80. The van der Waals surface area contributed by atoms with E-state index < -0.39 is 23.4 Å². The number of carbonyl (C=O) groups is 1. The molecule has 1 aromatic rings. The van der Waals surface area contributed by atoms with Crippen LogP contribution in [0.2, 0.25) is 0 Å². The van der Waals surface area contributed by atoms with Crippen LogP contribution in [0.25, 0.3) is 0 Å². The summed E-state index contributed by atoms with van der Waals surface area (Å²) in [5.41, 5.74) is -0.394. The van der Waals surface area contributed by atoms with Gasteiger partial charge in [0.05, 0.1) is 30.2 Å². The summed E-state index contributed by atoms with van der Waals surface area (Å²) in [7, 11) is 1.73. The zero-order valence-electron chi connectivity index (χ0n) is 14.5. The molecule has 8 heteroatoms. The quantitative estimate of drug-likeness (QED) is 0.763. The number of anilines is 2. The van der Waals surface area contributed by atoms with Crippen molar-refractivity contribution >= 4 is 17.3 Å². The number of hydrogen-bond donors (Lipinski definition) is 0. The van der Waals surface area contributed by atoms with Gasteiger partial charge in [-0.2, -0.15) is 13.2 Å². The SMILES string of the molecule is CN1CCN(C(=O)C2OCCOC23CCC3)c2ccc(C(F)(F)F)cc21. The maximum absolute atomic E-state index is 13.2. The highest BCUT2D eigenvalue weighted by Gasteiger charge is 2.53. The molecule has 0 radical (unpaired) electrons. The average Bonchev–Trinajstić information content (AvgIpc) is 2.59. The monoisotopic (exact) mass is 370 g/mol. The molecule has 1 atom stereocenters. The van der Waals surface area contributed by atoms with E-state index in [4.69, 9.17) is 9.47 Å². The largest absolute Gasteiger partial charge is 0.416 e. The van der Waals surface area contributed by atoms with E-state index in [-0.39, 0.29) is 5.91 Å². The molecule has 2 fully saturated rings. The summed E-state index contributed by atoms with van der Waals surface area (Å²) in [6.07, 6.45) is -2.57. The molecule has 26 heavy (non-hydrogen) atoms. The molecule has 1 saturated heterocycles. The molecule has 1 unspecified atom stereocenters. The van der Waals surface area contributed by atoms with Crippen LogP contribution in [0.1, 0.15) is 24.8 Å². The van der Waals surface area contributed by atoms with Crippen molar-refractivity contribution < 1.29 is 27.4 Å².